The van der Waals surface area contributed by atoms with Gasteiger partial charge in [-0.05, 0) is 44.8 Å². The van der Waals surface area contributed by atoms with E-state index in [4.69, 9.17) is 4.74 Å². The molecule has 0 aliphatic heterocycles. The normalized spacial score (nSPS) is 10.6. The van der Waals surface area contributed by atoms with E-state index in [-0.39, 0.29) is 6.03 Å². The lowest BCUT2D eigenvalue weighted by atomic mass is 10.2. The van der Waals surface area contributed by atoms with Gasteiger partial charge in [0.1, 0.15) is 5.75 Å². The lowest BCUT2D eigenvalue weighted by molar-refractivity contribution is 0.202. The van der Waals surface area contributed by atoms with Crippen molar-refractivity contribution in [3.63, 3.8) is 0 Å². The molecule has 1 aromatic carbocycles. The second-order valence-corrected chi connectivity index (χ2v) is 5.95. The minimum Gasteiger partial charge on any atom is -0.492 e. The van der Waals surface area contributed by atoms with E-state index in [0.717, 1.165) is 12.1 Å². The standard InChI is InChI=1S/C19H26N4O2/c1-4-25-18-10-6-5-9-17(18)21-19(24)23(13-12-22(2)3)15-16-8-7-11-20-14-16/h5-11,14H,4,12-13,15H2,1-3H3,(H,21,24). The van der Waals surface area contributed by atoms with Crippen LogP contribution in [-0.2, 0) is 6.54 Å². The molecule has 0 saturated carbocycles. The summed E-state index contributed by atoms with van der Waals surface area (Å²) in [6.07, 6.45) is 3.51. The Morgan fingerprint density at radius 3 is 2.64 bits per heavy atom. The third kappa shape index (κ3) is 6.08. The molecule has 0 fully saturated rings. The number of ether oxygens (including phenoxy) is 1. The minimum atomic E-state index is -0.155. The van der Waals surface area contributed by atoms with Gasteiger partial charge < -0.3 is 19.9 Å². The summed E-state index contributed by atoms with van der Waals surface area (Å²) in [6.45, 7) is 4.37. The maximum atomic E-state index is 12.8. The van der Waals surface area contributed by atoms with Gasteiger partial charge in [-0.15, -0.1) is 0 Å². The van der Waals surface area contributed by atoms with Gasteiger partial charge in [0.15, 0.2) is 0 Å². The summed E-state index contributed by atoms with van der Waals surface area (Å²) in [6, 6.07) is 11.2. The summed E-state index contributed by atoms with van der Waals surface area (Å²) < 4.78 is 5.58. The SMILES string of the molecule is CCOc1ccccc1NC(=O)N(CCN(C)C)Cc1cccnc1. The van der Waals surface area contributed by atoms with Crippen LogP contribution >= 0.6 is 0 Å². The number of carbonyl (C=O) groups is 1. The van der Waals surface area contributed by atoms with Crippen molar-refractivity contribution in [1.29, 1.82) is 0 Å². The molecule has 0 atom stereocenters. The van der Waals surface area contributed by atoms with Gasteiger partial charge in [-0.1, -0.05) is 18.2 Å². The van der Waals surface area contributed by atoms with Crippen LogP contribution < -0.4 is 10.1 Å². The zero-order chi connectivity index (χ0) is 18.1. The average Bonchev–Trinajstić information content (AvgIpc) is 2.61. The number of rotatable bonds is 8. The van der Waals surface area contributed by atoms with Crippen molar-refractivity contribution in [2.24, 2.45) is 0 Å². The number of aromatic nitrogens is 1. The van der Waals surface area contributed by atoms with Gasteiger partial charge in [-0.3, -0.25) is 4.98 Å². The van der Waals surface area contributed by atoms with E-state index < -0.39 is 0 Å². The van der Waals surface area contributed by atoms with Gasteiger partial charge in [-0.2, -0.15) is 0 Å². The van der Waals surface area contributed by atoms with Crippen molar-refractivity contribution in [2.45, 2.75) is 13.5 Å². The van der Waals surface area contributed by atoms with Crippen molar-refractivity contribution in [3.05, 3.63) is 54.4 Å². The maximum Gasteiger partial charge on any atom is 0.322 e. The largest absolute Gasteiger partial charge is 0.492 e. The lowest BCUT2D eigenvalue weighted by Gasteiger charge is -2.25. The summed E-state index contributed by atoms with van der Waals surface area (Å²) in [5.74, 6) is 0.673. The molecule has 1 heterocycles. The van der Waals surface area contributed by atoms with E-state index in [1.54, 1.807) is 17.3 Å². The van der Waals surface area contributed by atoms with Crippen molar-refractivity contribution < 1.29 is 9.53 Å². The highest BCUT2D eigenvalue weighted by Gasteiger charge is 2.16. The number of pyridine rings is 1. The molecule has 0 bridgehead atoms. The molecule has 2 amide bonds. The smallest absolute Gasteiger partial charge is 0.322 e. The zero-order valence-electron chi connectivity index (χ0n) is 15.1. The quantitative estimate of drug-likeness (QED) is 0.801. The van der Waals surface area contributed by atoms with E-state index >= 15 is 0 Å². The highest BCUT2D eigenvalue weighted by Crippen LogP contribution is 2.24. The molecule has 1 N–H and O–H groups in total. The molecule has 6 nitrogen and oxygen atoms in total. The fraction of sp³-hybridized carbons (Fsp3) is 0.368. The Balaban J connectivity index is 2.11. The second kappa shape index (κ2) is 9.64. The fourth-order valence-electron chi connectivity index (χ4n) is 2.33. The first-order valence-electron chi connectivity index (χ1n) is 8.41. The Labute approximate surface area is 149 Å². The highest BCUT2D eigenvalue weighted by atomic mass is 16.5. The van der Waals surface area contributed by atoms with Crippen molar-refractivity contribution in [3.8, 4) is 5.75 Å². The molecule has 134 valence electrons. The van der Waals surface area contributed by atoms with E-state index in [0.29, 0.717) is 31.1 Å². The number of nitrogens with one attached hydrogen (secondary N) is 1. The Morgan fingerprint density at radius 1 is 1.16 bits per heavy atom. The van der Waals surface area contributed by atoms with Crippen LogP contribution in [0.25, 0.3) is 0 Å². The Morgan fingerprint density at radius 2 is 1.96 bits per heavy atom. The molecule has 2 rings (SSSR count). The van der Waals surface area contributed by atoms with Crippen LogP contribution in [0.1, 0.15) is 12.5 Å². The Kier molecular flexibility index (Phi) is 7.22. The molecule has 0 unspecified atom stereocenters. The van der Waals surface area contributed by atoms with Crippen LogP contribution in [0.15, 0.2) is 48.8 Å². The van der Waals surface area contributed by atoms with Crippen LogP contribution in [0.5, 0.6) is 5.75 Å². The number of urea groups is 1. The second-order valence-electron chi connectivity index (χ2n) is 5.95. The average molecular weight is 342 g/mol. The lowest BCUT2D eigenvalue weighted by Crippen LogP contribution is -2.39. The number of para-hydroxylation sites is 2. The third-order valence-electron chi connectivity index (χ3n) is 3.63. The van der Waals surface area contributed by atoms with E-state index in [2.05, 4.69) is 15.2 Å². The topological polar surface area (TPSA) is 57.7 Å². The first-order valence-corrected chi connectivity index (χ1v) is 8.41. The van der Waals surface area contributed by atoms with E-state index in [1.165, 1.54) is 0 Å². The number of benzene rings is 1. The first kappa shape index (κ1) is 18.7. The van der Waals surface area contributed by atoms with Crippen LogP contribution in [0.3, 0.4) is 0 Å². The van der Waals surface area contributed by atoms with Gasteiger partial charge in [0, 0.05) is 32.0 Å². The Bertz CT molecular complexity index is 661. The minimum absolute atomic E-state index is 0.155. The van der Waals surface area contributed by atoms with Crippen LogP contribution in [-0.4, -0.2) is 54.6 Å². The van der Waals surface area contributed by atoms with Gasteiger partial charge >= 0.3 is 6.03 Å². The van der Waals surface area contributed by atoms with Crippen LogP contribution in [0, 0.1) is 0 Å². The molecule has 0 spiro atoms. The Hall–Kier alpha value is -2.60. The van der Waals surface area contributed by atoms with Gasteiger partial charge in [0.2, 0.25) is 0 Å². The number of likely N-dealkylation sites (N-methyl/N-ethyl adjacent to an activating group) is 1. The summed E-state index contributed by atoms with van der Waals surface area (Å²) in [5.41, 5.74) is 1.67. The molecule has 25 heavy (non-hydrogen) atoms. The number of amides is 2. The summed E-state index contributed by atoms with van der Waals surface area (Å²) in [7, 11) is 3.98. The van der Waals surface area contributed by atoms with Crippen LogP contribution in [0.2, 0.25) is 0 Å². The van der Waals surface area contributed by atoms with Crippen molar-refractivity contribution in [2.75, 3.05) is 39.1 Å². The number of anilines is 1. The first-order chi connectivity index (χ1) is 12.1. The molecule has 0 aliphatic rings. The molecule has 0 radical (unpaired) electrons. The molecule has 2 aromatic rings. The maximum absolute atomic E-state index is 12.8. The third-order valence-corrected chi connectivity index (χ3v) is 3.63. The van der Waals surface area contributed by atoms with E-state index in [1.807, 2.05) is 57.4 Å². The van der Waals surface area contributed by atoms with Gasteiger partial charge in [-0.25, -0.2) is 4.79 Å². The van der Waals surface area contributed by atoms with Crippen molar-refractivity contribution in [1.82, 2.24) is 14.8 Å². The molecule has 0 aliphatic carbocycles. The fourth-order valence-corrected chi connectivity index (χ4v) is 2.33. The predicted octanol–water partition coefficient (Wildman–Crippen LogP) is 3.08. The monoisotopic (exact) mass is 342 g/mol. The number of carbonyl (C=O) groups excluding carboxylic acids is 1. The van der Waals surface area contributed by atoms with Crippen molar-refractivity contribution >= 4 is 11.7 Å². The number of hydrogen-bond donors (Lipinski definition) is 1. The zero-order valence-corrected chi connectivity index (χ0v) is 15.1. The summed E-state index contributed by atoms with van der Waals surface area (Å²) in [5, 5.41) is 2.96. The molecular weight excluding hydrogens is 316 g/mol. The molecular formula is C19H26N4O2. The molecule has 1 aromatic heterocycles. The van der Waals surface area contributed by atoms with E-state index in [9.17, 15) is 4.79 Å². The number of hydrogen-bond acceptors (Lipinski definition) is 4. The van der Waals surface area contributed by atoms with Gasteiger partial charge in [0.25, 0.3) is 0 Å². The number of nitrogens with zero attached hydrogens (tertiary/aromatic N) is 3. The summed E-state index contributed by atoms with van der Waals surface area (Å²) in [4.78, 5) is 20.8. The molecule has 0 saturated heterocycles. The predicted molar refractivity (Wildman–Crippen MR) is 99.8 cm³/mol. The van der Waals surface area contributed by atoms with Crippen LogP contribution in [0.4, 0.5) is 10.5 Å². The molecule has 6 heteroatoms. The highest BCUT2D eigenvalue weighted by molar-refractivity contribution is 5.91. The summed E-state index contributed by atoms with van der Waals surface area (Å²) >= 11 is 0. The van der Waals surface area contributed by atoms with Gasteiger partial charge in [0.05, 0.1) is 12.3 Å².